The zero-order valence-electron chi connectivity index (χ0n) is 13.7. The van der Waals surface area contributed by atoms with Crippen molar-refractivity contribution in [3.8, 4) is 5.75 Å². The lowest BCUT2D eigenvalue weighted by molar-refractivity contribution is 0.102. The molecule has 124 valence electrons. The van der Waals surface area contributed by atoms with Gasteiger partial charge in [0.05, 0.1) is 5.69 Å². The second-order valence-electron chi connectivity index (χ2n) is 5.82. The molecule has 0 fully saturated rings. The summed E-state index contributed by atoms with van der Waals surface area (Å²) in [5, 5.41) is 14.5. The summed E-state index contributed by atoms with van der Waals surface area (Å²) in [6, 6.07) is 16.4. The number of anilines is 1. The lowest BCUT2D eigenvalue weighted by atomic mass is 10.1. The third-order valence-corrected chi connectivity index (χ3v) is 4.30. The lowest BCUT2D eigenvalue weighted by Crippen LogP contribution is -2.16. The van der Waals surface area contributed by atoms with Gasteiger partial charge in [-0.1, -0.05) is 37.3 Å². The van der Waals surface area contributed by atoms with E-state index in [4.69, 9.17) is 0 Å². The molecular formula is C20H17N3O2. The molecule has 2 heterocycles. The van der Waals surface area contributed by atoms with Crippen molar-refractivity contribution in [1.29, 1.82) is 0 Å². The molecule has 0 bridgehead atoms. The molecule has 25 heavy (non-hydrogen) atoms. The molecule has 0 aliphatic heterocycles. The Balaban J connectivity index is 1.80. The third-order valence-electron chi connectivity index (χ3n) is 4.30. The summed E-state index contributed by atoms with van der Waals surface area (Å²) in [7, 11) is 0. The first-order valence-corrected chi connectivity index (χ1v) is 8.17. The van der Waals surface area contributed by atoms with Crippen molar-refractivity contribution in [1.82, 2.24) is 9.38 Å². The predicted molar refractivity (Wildman–Crippen MR) is 98.1 cm³/mol. The van der Waals surface area contributed by atoms with Crippen LogP contribution >= 0.6 is 0 Å². The number of phenols is 1. The van der Waals surface area contributed by atoms with Crippen LogP contribution < -0.4 is 5.32 Å². The highest BCUT2D eigenvalue weighted by atomic mass is 16.3. The second kappa shape index (κ2) is 5.94. The van der Waals surface area contributed by atoms with Gasteiger partial charge in [-0.05, 0) is 30.7 Å². The van der Waals surface area contributed by atoms with E-state index in [1.165, 1.54) is 0 Å². The molecule has 4 rings (SSSR count). The molecule has 0 saturated carbocycles. The predicted octanol–water partition coefficient (Wildman–Crippen LogP) is 4.01. The minimum atomic E-state index is -0.216. The summed E-state index contributed by atoms with van der Waals surface area (Å²) in [4.78, 5) is 17.5. The van der Waals surface area contributed by atoms with Crippen LogP contribution in [-0.2, 0) is 6.42 Å². The Bertz CT molecular complexity index is 1100. The number of aromatic nitrogens is 2. The van der Waals surface area contributed by atoms with Crippen LogP contribution in [0.1, 0.15) is 23.1 Å². The first-order chi connectivity index (χ1) is 12.2. The molecule has 2 aromatic carbocycles. The van der Waals surface area contributed by atoms with Crippen molar-refractivity contribution >= 4 is 28.0 Å². The van der Waals surface area contributed by atoms with Gasteiger partial charge in [-0.2, -0.15) is 0 Å². The van der Waals surface area contributed by atoms with Crippen molar-refractivity contribution in [3.63, 3.8) is 0 Å². The maximum Gasteiger partial charge on any atom is 0.274 e. The maximum absolute atomic E-state index is 13.0. The standard InChI is InChI=1S/C20H17N3O2/c1-2-15-19(23-12-4-3-11-18(23)21-15)20(25)22-16-9-5-8-14-13(16)7-6-10-17(14)24/h3-12,24H,2H2,1H3,(H,22,25). The van der Waals surface area contributed by atoms with E-state index in [0.717, 1.165) is 16.7 Å². The Labute approximate surface area is 144 Å². The Hall–Kier alpha value is -3.34. The topological polar surface area (TPSA) is 66.6 Å². The number of nitrogens with one attached hydrogen (secondary N) is 1. The van der Waals surface area contributed by atoms with Gasteiger partial charge in [0.1, 0.15) is 17.1 Å². The fourth-order valence-corrected chi connectivity index (χ4v) is 3.12. The number of rotatable bonds is 3. The van der Waals surface area contributed by atoms with E-state index in [1.54, 1.807) is 16.5 Å². The zero-order chi connectivity index (χ0) is 17.4. The van der Waals surface area contributed by atoms with E-state index >= 15 is 0 Å². The molecule has 2 N–H and O–H groups in total. The summed E-state index contributed by atoms with van der Waals surface area (Å²) in [5.74, 6) is -0.0240. The molecule has 0 saturated heterocycles. The molecule has 0 aliphatic carbocycles. The number of hydrogen-bond donors (Lipinski definition) is 2. The van der Waals surface area contributed by atoms with Crippen LogP contribution in [0, 0.1) is 0 Å². The highest BCUT2D eigenvalue weighted by Crippen LogP contribution is 2.30. The molecular weight excluding hydrogens is 314 g/mol. The van der Waals surface area contributed by atoms with Gasteiger partial charge in [-0.3, -0.25) is 9.20 Å². The van der Waals surface area contributed by atoms with Crippen LogP contribution in [0.2, 0.25) is 0 Å². The van der Waals surface area contributed by atoms with Gasteiger partial charge in [0.15, 0.2) is 0 Å². The fraction of sp³-hybridized carbons (Fsp3) is 0.100. The smallest absolute Gasteiger partial charge is 0.274 e. The van der Waals surface area contributed by atoms with Crippen LogP contribution in [0.5, 0.6) is 5.75 Å². The van der Waals surface area contributed by atoms with Gasteiger partial charge in [0.2, 0.25) is 0 Å². The Morgan fingerprint density at radius 2 is 1.88 bits per heavy atom. The van der Waals surface area contributed by atoms with E-state index in [9.17, 15) is 9.90 Å². The second-order valence-corrected chi connectivity index (χ2v) is 5.82. The number of fused-ring (bicyclic) bond motifs is 2. The number of aryl methyl sites for hydroxylation is 1. The molecule has 0 radical (unpaired) electrons. The van der Waals surface area contributed by atoms with Gasteiger partial charge in [0, 0.05) is 22.7 Å². The first kappa shape index (κ1) is 15.2. The molecule has 4 aromatic rings. The van der Waals surface area contributed by atoms with Crippen LogP contribution in [0.4, 0.5) is 5.69 Å². The summed E-state index contributed by atoms with van der Waals surface area (Å²) < 4.78 is 1.80. The normalized spacial score (nSPS) is 11.1. The number of aromatic hydroxyl groups is 1. The number of benzene rings is 2. The molecule has 0 aliphatic rings. The quantitative estimate of drug-likeness (QED) is 0.596. The molecule has 0 unspecified atom stereocenters. The largest absolute Gasteiger partial charge is 0.507 e. The average molecular weight is 331 g/mol. The van der Waals surface area contributed by atoms with Crippen LogP contribution in [0.25, 0.3) is 16.4 Å². The van der Waals surface area contributed by atoms with Gasteiger partial charge < -0.3 is 10.4 Å². The van der Waals surface area contributed by atoms with E-state index in [2.05, 4.69) is 10.3 Å². The Kier molecular flexibility index (Phi) is 3.61. The molecule has 1 amide bonds. The van der Waals surface area contributed by atoms with Crippen molar-refractivity contribution in [2.45, 2.75) is 13.3 Å². The number of imidazole rings is 1. The zero-order valence-corrected chi connectivity index (χ0v) is 13.7. The number of pyridine rings is 1. The Morgan fingerprint density at radius 1 is 1.08 bits per heavy atom. The van der Waals surface area contributed by atoms with Crippen LogP contribution in [0.15, 0.2) is 60.8 Å². The van der Waals surface area contributed by atoms with Crippen molar-refractivity contribution < 1.29 is 9.90 Å². The summed E-state index contributed by atoms with van der Waals surface area (Å²) >= 11 is 0. The fourth-order valence-electron chi connectivity index (χ4n) is 3.12. The molecule has 2 aromatic heterocycles. The van der Waals surface area contributed by atoms with Crippen molar-refractivity contribution in [3.05, 3.63) is 72.2 Å². The molecule has 5 heteroatoms. The Morgan fingerprint density at radius 3 is 2.72 bits per heavy atom. The maximum atomic E-state index is 13.0. The SMILES string of the molecule is CCc1nc2ccccn2c1C(=O)Nc1cccc2c(O)cccc12. The van der Waals surface area contributed by atoms with Crippen LogP contribution in [-0.4, -0.2) is 20.4 Å². The van der Waals surface area contributed by atoms with Crippen LogP contribution in [0.3, 0.4) is 0 Å². The molecule has 0 atom stereocenters. The van der Waals surface area contributed by atoms with Crippen molar-refractivity contribution in [2.24, 2.45) is 0 Å². The van der Waals surface area contributed by atoms with Gasteiger partial charge >= 0.3 is 0 Å². The monoisotopic (exact) mass is 331 g/mol. The number of phenolic OH excluding ortho intramolecular Hbond substituents is 1. The summed E-state index contributed by atoms with van der Waals surface area (Å²) in [6.45, 7) is 1.98. The number of carbonyl (C=O) groups excluding carboxylic acids is 1. The number of hydrogen-bond acceptors (Lipinski definition) is 3. The van der Waals surface area contributed by atoms with E-state index in [1.807, 2.05) is 55.6 Å². The van der Waals surface area contributed by atoms with E-state index in [-0.39, 0.29) is 11.7 Å². The van der Waals surface area contributed by atoms with Gasteiger partial charge in [-0.15, -0.1) is 0 Å². The van der Waals surface area contributed by atoms with Gasteiger partial charge in [0.25, 0.3) is 5.91 Å². The summed E-state index contributed by atoms with van der Waals surface area (Å²) in [6.07, 6.45) is 2.51. The minimum absolute atomic E-state index is 0.192. The minimum Gasteiger partial charge on any atom is -0.507 e. The molecule has 5 nitrogen and oxygen atoms in total. The molecule has 0 spiro atoms. The lowest BCUT2D eigenvalue weighted by Gasteiger charge is -2.10. The number of amides is 1. The third kappa shape index (κ3) is 2.50. The first-order valence-electron chi connectivity index (χ1n) is 8.17. The highest BCUT2D eigenvalue weighted by Gasteiger charge is 2.18. The average Bonchev–Trinajstić information content (AvgIpc) is 3.01. The van der Waals surface area contributed by atoms with Crippen molar-refractivity contribution in [2.75, 3.05) is 5.32 Å². The summed E-state index contributed by atoms with van der Waals surface area (Å²) in [5.41, 5.74) is 2.70. The van der Waals surface area contributed by atoms with E-state index in [0.29, 0.717) is 23.2 Å². The van der Waals surface area contributed by atoms with E-state index < -0.39 is 0 Å². The number of nitrogens with zero attached hydrogens (tertiary/aromatic N) is 2. The number of carbonyl (C=O) groups is 1. The highest BCUT2D eigenvalue weighted by molar-refractivity contribution is 6.10. The van der Waals surface area contributed by atoms with Gasteiger partial charge in [-0.25, -0.2) is 4.98 Å².